The van der Waals surface area contributed by atoms with Crippen molar-refractivity contribution in [3.63, 3.8) is 0 Å². The van der Waals surface area contributed by atoms with E-state index in [1.165, 1.54) is 13.8 Å². The molecule has 1 N–H and O–H groups in total. The van der Waals surface area contributed by atoms with Crippen LogP contribution in [0, 0.1) is 6.92 Å². The Bertz CT molecular complexity index is 650. The molecule has 0 heterocycles. The highest BCUT2D eigenvalue weighted by molar-refractivity contribution is 8.00. The van der Waals surface area contributed by atoms with Gasteiger partial charge >= 0.3 is 13.3 Å². The van der Waals surface area contributed by atoms with Crippen LogP contribution in [0.15, 0.2) is 40.8 Å². The SMILES string of the molecule is CCOP(=O)(OCC)C(F)(F)[C@@H](O)[C@@H](CC=C(C)C)Sc1ccc(C)cc1. The largest absolute Gasteiger partial charge is 0.402 e. The molecule has 0 aromatic heterocycles. The molecule has 1 rings (SSSR count). The lowest BCUT2D eigenvalue weighted by Crippen LogP contribution is -2.42. The summed E-state index contributed by atoms with van der Waals surface area (Å²) in [6.45, 7) is 8.13. The molecule has 0 aliphatic heterocycles. The summed E-state index contributed by atoms with van der Waals surface area (Å²) in [6.07, 6.45) is -0.240. The zero-order valence-electron chi connectivity index (χ0n) is 16.4. The summed E-state index contributed by atoms with van der Waals surface area (Å²) in [6, 6.07) is 7.36. The van der Waals surface area contributed by atoms with Gasteiger partial charge in [0.05, 0.1) is 13.2 Å². The second-order valence-electron chi connectivity index (χ2n) is 6.35. The maximum Gasteiger partial charge on any atom is 0.402 e. The minimum absolute atomic E-state index is 0.190. The fraction of sp³-hybridized carbons (Fsp3) is 0.579. The number of alkyl halides is 2. The van der Waals surface area contributed by atoms with Crippen LogP contribution in [0.1, 0.15) is 39.7 Å². The molecule has 8 heteroatoms. The summed E-state index contributed by atoms with van der Waals surface area (Å²) < 4.78 is 52.2. The van der Waals surface area contributed by atoms with Gasteiger partial charge in [0, 0.05) is 10.1 Å². The third-order valence-corrected chi connectivity index (χ3v) is 7.23. The maximum atomic E-state index is 15.0. The Morgan fingerprint density at radius 1 is 1.22 bits per heavy atom. The van der Waals surface area contributed by atoms with Gasteiger partial charge in [0.2, 0.25) is 0 Å². The zero-order valence-corrected chi connectivity index (χ0v) is 18.2. The van der Waals surface area contributed by atoms with Crippen LogP contribution in [0.3, 0.4) is 0 Å². The molecule has 27 heavy (non-hydrogen) atoms. The van der Waals surface area contributed by atoms with Crippen molar-refractivity contribution >= 4 is 19.4 Å². The smallest absolute Gasteiger partial charge is 0.385 e. The van der Waals surface area contributed by atoms with Gasteiger partial charge in [0.1, 0.15) is 6.10 Å². The summed E-state index contributed by atoms with van der Waals surface area (Å²) in [4.78, 5) is 0.741. The highest BCUT2D eigenvalue weighted by atomic mass is 32.2. The van der Waals surface area contributed by atoms with Crippen LogP contribution in [0.5, 0.6) is 0 Å². The second-order valence-corrected chi connectivity index (χ2v) is 9.77. The molecule has 2 atom stereocenters. The number of halogens is 2. The lowest BCUT2D eigenvalue weighted by atomic mass is 10.1. The lowest BCUT2D eigenvalue weighted by Gasteiger charge is -2.33. The van der Waals surface area contributed by atoms with Gasteiger partial charge in [-0.2, -0.15) is 8.78 Å². The molecule has 154 valence electrons. The molecule has 0 unspecified atom stereocenters. The topological polar surface area (TPSA) is 55.8 Å². The van der Waals surface area contributed by atoms with Crippen LogP contribution < -0.4 is 0 Å². The fourth-order valence-electron chi connectivity index (χ4n) is 2.32. The number of hydrogen-bond acceptors (Lipinski definition) is 5. The molecule has 0 saturated carbocycles. The normalized spacial score (nSPS) is 14.7. The van der Waals surface area contributed by atoms with E-state index in [0.29, 0.717) is 0 Å². The first-order valence-electron chi connectivity index (χ1n) is 8.89. The first-order valence-corrected chi connectivity index (χ1v) is 11.3. The van der Waals surface area contributed by atoms with Crippen molar-refractivity contribution < 1.29 is 27.5 Å². The van der Waals surface area contributed by atoms with E-state index in [1.807, 2.05) is 45.0 Å². The van der Waals surface area contributed by atoms with Crippen LogP contribution in [0.2, 0.25) is 0 Å². The lowest BCUT2D eigenvalue weighted by molar-refractivity contribution is -0.0653. The van der Waals surface area contributed by atoms with E-state index < -0.39 is 24.6 Å². The molecule has 0 spiro atoms. The zero-order chi connectivity index (χ0) is 20.7. The second kappa shape index (κ2) is 10.7. The van der Waals surface area contributed by atoms with Gasteiger partial charge in [-0.1, -0.05) is 29.3 Å². The van der Waals surface area contributed by atoms with Gasteiger partial charge in [-0.15, -0.1) is 11.8 Å². The molecule has 1 aromatic carbocycles. The highest BCUT2D eigenvalue weighted by Crippen LogP contribution is 2.64. The molecule has 0 bridgehead atoms. The molecule has 0 saturated heterocycles. The Hall–Kier alpha value is -0.720. The highest BCUT2D eigenvalue weighted by Gasteiger charge is 2.60. The van der Waals surface area contributed by atoms with Gasteiger partial charge in [0.15, 0.2) is 0 Å². The Balaban J connectivity index is 3.18. The van der Waals surface area contributed by atoms with E-state index in [0.717, 1.165) is 27.8 Å². The van der Waals surface area contributed by atoms with Crippen LogP contribution in [0.25, 0.3) is 0 Å². The number of thioether (sulfide) groups is 1. The Kier molecular flexibility index (Phi) is 9.66. The van der Waals surface area contributed by atoms with Crippen LogP contribution in [-0.2, 0) is 13.6 Å². The molecule has 0 fully saturated rings. The van der Waals surface area contributed by atoms with Crippen LogP contribution in [0.4, 0.5) is 8.78 Å². The maximum absolute atomic E-state index is 15.0. The molecule has 0 amide bonds. The average Bonchev–Trinajstić information content (AvgIpc) is 2.59. The van der Waals surface area contributed by atoms with E-state index in [9.17, 15) is 18.5 Å². The third-order valence-electron chi connectivity index (χ3n) is 3.74. The van der Waals surface area contributed by atoms with E-state index >= 15 is 0 Å². The summed E-state index contributed by atoms with van der Waals surface area (Å²) in [7, 11) is -4.81. The van der Waals surface area contributed by atoms with Gasteiger partial charge in [0.25, 0.3) is 0 Å². The summed E-state index contributed by atoms with van der Waals surface area (Å²) >= 11 is 1.12. The van der Waals surface area contributed by atoms with Crippen molar-refractivity contribution in [2.45, 2.75) is 63.0 Å². The number of aliphatic hydroxyl groups is 1. The quantitative estimate of drug-likeness (QED) is 0.268. The summed E-state index contributed by atoms with van der Waals surface area (Å²) in [5.41, 5.74) is -2.04. The number of hydrogen-bond donors (Lipinski definition) is 1. The van der Waals surface area contributed by atoms with Crippen molar-refractivity contribution in [2.75, 3.05) is 13.2 Å². The van der Waals surface area contributed by atoms with Crippen molar-refractivity contribution in [3.8, 4) is 0 Å². The number of rotatable bonds is 11. The minimum atomic E-state index is -4.81. The standard InChI is InChI=1S/C19H29F2O4PS/c1-6-24-26(23,25-7-2)19(20,21)18(22)17(13-8-14(3)4)27-16-11-9-15(5)10-12-16/h8-12,17-18,22H,6-7,13H2,1-5H3/t17-,18+/m1/s1. The predicted molar refractivity (Wildman–Crippen MR) is 107 cm³/mol. The van der Waals surface area contributed by atoms with E-state index in [2.05, 4.69) is 0 Å². The summed E-state index contributed by atoms with van der Waals surface area (Å²) in [5, 5.41) is 9.60. The predicted octanol–water partition coefficient (Wildman–Crippen LogP) is 6.03. The Morgan fingerprint density at radius 3 is 2.19 bits per heavy atom. The van der Waals surface area contributed by atoms with E-state index in [4.69, 9.17) is 9.05 Å². The molecule has 4 nitrogen and oxygen atoms in total. The molecule has 0 radical (unpaired) electrons. The van der Waals surface area contributed by atoms with Gasteiger partial charge in [-0.3, -0.25) is 4.57 Å². The third kappa shape index (κ3) is 6.68. The van der Waals surface area contributed by atoms with E-state index in [1.54, 1.807) is 6.08 Å². The monoisotopic (exact) mass is 422 g/mol. The number of aliphatic hydroxyl groups excluding tert-OH is 1. The number of allylic oxidation sites excluding steroid dienone is 2. The number of benzene rings is 1. The van der Waals surface area contributed by atoms with Gasteiger partial charge < -0.3 is 14.2 Å². The van der Waals surface area contributed by atoms with E-state index in [-0.39, 0.29) is 19.6 Å². The minimum Gasteiger partial charge on any atom is -0.385 e. The number of aryl methyl sites for hydroxylation is 1. The van der Waals surface area contributed by atoms with Crippen LogP contribution in [-0.4, -0.2) is 35.3 Å². The van der Waals surface area contributed by atoms with Crippen LogP contribution >= 0.6 is 19.4 Å². The first-order chi connectivity index (χ1) is 12.6. The molecule has 0 aliphatic carbocycles. The summed E-state index contributed by atoms with van der Waals surface area (Å²) in [5.74, 6) is 0. The van der Waals surface area contributed by atoms with Crippen molar-refractivity contribution in [2.24, 2.45) is 0 Å². The van der Waals surface area contributed by atoms with Crippen molar-refractivity contribution in [1.82, 2.24) is 0 Å². The fourth-order valence-corrected chi connectivity index (χ4v) is 5.16. The molecular formula is C19H29F2O4PS. The molecular weight excluding hydrogens is 393 g/mol. The molecule has 0 aliphatic rings. The van der Waals surface area contributed by atoms with Crippen molar-refractivity contribution in [3.05, 3.63) is 41.5 Å². The first kappa shape index (κ1) is 24.3. The van der Waals surface area contributed by atoms with Gasteiger partial charge in [-0.25, -0.2) is 0 Å². The molecule has 1 aromatic rings. The Morgan fingerprint density at radius 2 is 1.74 bits per heavy atom. The Labute approximate surface area is 164 Å². The average molecular weight is 422 g/mol. The van der Waals surface area contributed by atoms with Gasteiger partial charge in [-0.05, 0) is 53.2 Å². The van der Waals surface area contributed by atoms with Crippen molar-refractivity contribution in [1.29, 1.82) is 0 Å².